The Morgan fingerprint density at radius 3 is 2.70 bits per heavy atom. The molecule has 2 aromatic rings. The molecule has 8 heteroatoms. The minimum Gasteiger partial charge on any atom is -0.493 e. The predicted molar refractivity (Wildman–Crippen MR) is 104 cm³/mol. The van der Waals surface area contributed by atoms with Crippen LogP contribution in [0.3, 0.4) is 0 Å². The summed E-state index contributed by atoms with van der Waals surface area (Å²) in [5, 5.41) is 3.09. The first-order valence-electron chi connectivity index (χ1n) is 8.81. The first-order chi connectivity index (χ1) is 13.1. The maximum atomic E-state index is 12.7. The number of amides is 1. The van der Waals surface area contributed by atoms with Crippen LogP contribution in [0.1, 0.15) is 21.1 Å². The van der Waals surface area contributed by atoms with Crippen LogP contribution >= 0.6 is 11.3 Å². The summed E-state index contributed by atoms with van der Waals surface area (Å²) in [6.45, 7) is 4.73. The zero-order chi connectivity index (χ0) is 19.2. The number of ether oxygens (including phenoxy) is 3. The van der Waals surface area contributed by atoms with Crippen molar-refractivity contribution in [1.29, 1.82) is 0 Å². The Bertz CT molecular complexity index is 774. The molecule has 0 radical (unpaired) electrons. The van der Waals surface area contributed by atoms with Gasteiger partial charge in [0.05, 0.1) is 46.2 Å². The van der Waals surface area contributed by atoms with E-state index >= 15 is 0 Å². The highest BCUT2D eigenvalue weighted by Crippen LogP contribution is 2.28. The van der Waals surface area contributed by atoms with Gasteiger partial charge in [-0.1, -0.05) is 0 Å². The molecular weight excluding hydrogens is 366 g/mol. The van der Waals surface area contributed by atoms with Crippen molar-refractivity contribution in [2.24, 2.45) is 0 Å². The Hall–Kier alpha value is -2.16. The van der Waals surface area contributed by atoms with Crippen LogP contribution in [-0.2, 0) is 17.8 Å². The SMILES string of the molecule is COc1ccc(C(=O)N(C)Cc2csc(CN3CCOCC3)n2)cc1OC. The number of hydrogen-bond donors (Lipinski definition) is 0. The van der Waals surface area contributed by atoms with Gasteiger partial charge < -0.3 is 19.1 Å². The Morgan fingerprint density at radius 2 is 2.00 bits per heavy atom. The second kappa shape index (κ2) is 9.16. The van der Waals surface area contributed by atoms with Crippen molar-refractivity contribution in [1.82, 2.24) is 14.8 Å². The molecule has 0 bridgehead atoms. The number of methoxy groups -OCH3 is 2. The number of hydrogen-bond acceptors (Lipinski definition) is 7. The largest absolute Gasteiger partial charge is 0.493 e. The molecule has 0 aliphatic carbocycles. The highest BCUT2D eigenvalue weighted by molar-refractivity contribution is 7.09. The molecule has 1 fully saturated rings. The van der Waals surface area contributed by atoms with Crippen LogP contribution in [0.5, 0.6) is 11.5 Å². The van der Waals surface area contributed by atoms with Gasteiger partial charge in [-0.05, 0) is 18.2 Å². The molecule has 7 nitrogen and oxygen atoms in total. The molecule has 1 aromatic heterocycles. The minimum atomic E-state index is -0.0846. The Morgan fingerprint density at radius 1 is 1.26 bits per heavy atom. The second-order valence-electron chi connectivity index (χ2n) is 6.35. The van der Waals surface area contributed by atoms with E-state index in [2.05, 4.69) is 9.88 Å². The number of morpholine rings is 1. The van der Waals surface area contributed by atoms with Crippen molar-refractivity contribution in [3.8, 4) is 11.5 Å². The number of nitrogens with zero attached hydrogens (tertiary/aromatic N) is 3. The maximum Gasteiger partial charge on any atom is 0.254 e. The van der Waals surface area contributed by atoms with Crippen LogP contribution in [0.15, 0.2) is 23.6 Å². The zero-order valence-electron chi connectivity index (χ0n) is 15.9. The topological polar surface area (TPSA) is 64.1 Å². The van der Waals surface area contributed by atoms with Gasteiger partial charge >= 0.3 is 0 Å². The second-order valence-corrected chi connectivity index (χ2v) is 7.29. The fourth-order valence-electron chi connectivity index (χ4n) is 2.95. The third-order valence-corrected chi connectivity index (χ3v) is 5.32. The van der Waals surface area contributed by atoms with Crippen LogP contribution < -0.4 is 9.47 Å². The molecule has 0 spiro atoms. The molecule has 1 aliphatic heterocycles. The lowest BCUT2D eigenvalue weighted by Crippen LogP contribution is -2.35. The van der Waals surface area contributed by atoms with Gasteiger partial charge in [0.15, 0.2) is 11.5 Å². The lowest BCUT2D eigenvalue weighted by Gasteiger charge is -2.25. The standard InChI is InChI=1S/C19H25N3O4S/c1-21(19(23)14-4-5-16(24-2)17(10-14)25-3)11-15-13-27-18(20-15)12-22-6-8-26-9-7-22/h4-5,10,13H,6-9,11-12H2,1-3H3. The molecule has 146 valence electrons. The quantitative estimate of drug-likeness (QED) is 0.721. The summed E-state index contributed by atoms with van der Waals surface area (Å²) in [5.74, 6) is 1.06. The van der Waals surface area contributed by atoms with Crippen LogP contribution in [0, 0.1) is 0 Å². The predicted octanol–water partition coefficient (Wildman–Crippen LogP) is 2.26. The van der Waals surface area contributed by atoms with Crippen LogP contribution in [-0.4, -0.2) is 68.3 Å². The normalized spacial score (nSPS) is 14.8. The van der Waals surface area contributed by atoms with Crippen LogP contribution in [0.4, 0.5) is 0 Å². The molecule has 1 amide bonds. The number of aromatic nitrogens is 1. The van der Waals surface area contributed by atoms with Gasteiger partial charge in [-0.3, -0.25) is 9.69 Å². The van der Waals surface area contributed by atoms with Crippen LogP contribution in [0.25, 0.3) is 0 Å². The lowest BCUT2D eigenvalue weighted by molar-refractivity contribution is 0.0341. The van der Waals surface area contributed by atoms with Gasteiger partial charge in [0, 0.05) is 31.1 Å². The van der Waals surface area contributed by atoms with E-state index in [1.807, 2.05) is 5.38 Å². The van der Waals surface area contributed by atoms with Crippen molar-refractivity contribution in [3.63, 3.8) is 0 Å². The monoisotopic (exact) mass is 391 g/mol. The molecule has 27 heavy (non-hydrogen) atoms. The molecule has 2 heterocycles. The van der Waals surface area contributed by atoms with Crippen molar-refractivity contribution in [3.05, 3.63) is 39.8 Å². The summed E-state index contributed by atoms with van der Waals surface area (Å²) in [4.78, 5) is 21.4. The smallest absolute Gasteiger partial charge is 0.254 e. The number of carbonyl (C=O) groups excluding carboxylic acids is 1. The van der Waals surface area contributed by atoms with Crippen LogP contribution in [0.2, 0.25) is 0 Å². The maximum absolute atomic E-state index is 12.7. The fourth-order valence-corrected chi connectivity index (χ4v) is 3.78. The van der Waals surface area contributed by atoms with Crippen molar-refractivity contribution >= 4 is 17.2 Å². The molecular formula is C19H25N3O4S. The number of benzene rings is 1. The third kappa shape index (κ3) is 4.97. The molecule has 1 aliphatic rings. The summed E-state index contributed by atoms with van der Waals surface area (Å²) in [6, 6.07) is 5.18. The van der Waals surface area contributed by atoms with Gasteiger partial charge in [0.2, 0.25) is 0 Å². The third-order valence-electron chi connectivity index (χ3n) is 4.44. The Labute approximate surface area is 163 Å². The number of thiazole rings is 1. The Balaban J connectivity index is 1.61. The van der Waals surface area contributed by atoms with E-state index in [1.54, 1.807) is 55.7 Å². The molecule has 3 rings (SSSR count). The molecule has 0 atom stereocenters. The summed E-state index contributed by atoms with van der Waals surface area (Å²) in [7, 11) is 4.91. The highest BCUT2D eigenvalue weighted by Gasteiger charge is 2.17. The van der Waals surface area contributed by atoms with Crippen molar-refractivity contribution in [2.75, 3.05) is 47.6 Å². The Kier molecular flexibility index (Phi) is 6.65. The van der Waals surface area contributed by atoms with Gasteiger partial charge in [0.1, 0.15) is 5.01 Å². The van der Waals surface area contributed by atoms with E-state index in [9.17, 15) is 4.79 Å². The number of rotatable bonds is 7. The van der Waals surface area contributed by atoms with E-state index in [4.69, 9.17) is 14.2 Å². The van der Waals surface area contributed by atoms with Gasteiger partial charge in [-0.15, -0.1) is 11.3 Å². The number of carbonyl (C=O) groups is 1. The first-order valence-corrected chi connectivity index (χ1v) is 9.69. The van der Waals surface area contributed by atoms with E-state index < -0.39 is 0 Å². The summed E-state index contributed by atoms with van der Waals surface area (Å²) in [5.41, 5.74) is 1.46. The van der Waals surface area contributed by atoms with E-state index in [0.29, 0.717) is 23.6 Å². The molecule has 1 saturated heterocycles. The average molecular weight is 391 g/mol. The van der Waals surface area contributed by atoms with E-state index in [-0.39, 0.29) is 5.91 Å². The summed E-state index contributed by atoms with van der Waals surface area (Å²) in [6.07, 6.45) is 0. The van der Waals surface area contributed by atoms with Gasteiger partial charge in [-0.25, -0.2) is 4.98 Å². The van der Waals surface area contributed by atoms with Crippen molar-refractivity contribution < 1.29 is 19.0 Å². The summed E-state index contributed by atoms with van der Waals surface area (Å²) < 4.78 is 15.9. The lowest BCUT2D eigenvalue weighted by atomic mass is 10.1. The van der Waals surface area contributed by atoms with Gasteiger partial charge in [0.25, 0.3) is 5.91 Å². The molecule has 1 aromatic carbocycles. The van der Waals surface area contributed by atoms with Crippen molar-refractivity contribution in [2.45, 2.75) is 13.1 Å². The average Bonchev–Trinajstić information content (AvgIpc) is 3.14. The summed E-state index contributed by atoms with van der Waals surface area (Å²) >= 11 is 1.64. The molecule has 0 saturated carbocycles. The molecule has 0 N–H and O–H groups in total. The fraction of sp³-hybridized carbons (Fsp3) is 0.474. The van der Waals surface area contributed by atoms with Gasteiger partial charge in [-0.2, -0.15) is 0 Å². The molecule has 0 unspecified atom stereocenters. The van der Waals surface area contributed by atoms with E-state index in [1.165, 1.54) is 0 Å². The first kappa shape index (κ1) is 19.6. The highest BCUT2D eigenvalue weighted by atomic mass is 32.1. The van der Waals surface area contributed by atoms with E-state index in [0.717, 1.165) is 43.5 Å². The minimum absolute atomic E-state index is 0.0846. The zero-order valence-corrected chi connectivity index (χ0v) is 16.8.